The summed E-state index contributed by atoms with van der Waals surface area (Å²) in [5.74, 6) is -0.323. The molecule has 1 N–H and O–H groups in total. The van der Waals surface area contributed by atoms with Crippen molar-refractivity contribution >= 4 is 5.91 Å². The Bertz CT molecular complexity index is 964. The molecule has 4 rings (SSSR count). The standard InChI is InChI=1S/C21H23F4N3O6/c1-30-16-8-17(20-28-27-19(33-20)11-6-14(7-11)34-21(23,24)25)32-9-15(16)26-18(29)10-31-13-4-2-12(22)3-5-13/h2-5,11,14-17H,6-10H2,1H3,(H,26,29)/t11-,14+,15-,16+,17-/m0/s1. The number of rotatable bonds is 8. The van der Waals surface area contributed by atoms with Gasteiger partial charge in [-0.05, 0) is 37.1 Å². The average molecular weight is 489 g/mol. The van der Waals surface area contributed by atoms with Gasteiger partial charge >= 0.3 is 6.36 Å². The number of ether oxygens (including phenoxy) is 4. The van der Waals surface area contributed by atoms with E-state index in [0.717, 1.165) is 0 Å². The van der Waals surface area contributed by atoms with Gasteiger partial charge in [-0.2, -0.15) is 0 Å². The third kappa shape index (κ3) is 6.21. The molecule has 2 aromatic rings. The van der Waals surface area contributed by atoms with E-state index in [-0.39, 0.29) is 43.8 Å². The number of carbonyl (C=O) groups is 1. The number of nitrogens with one attached hydrogen (secondary N) is 1. The normalized spacial score (nSPS) is 27.1. The van der Waals surface area contributed by atoms with Crippen molar-refractivity contribution in [3.63, 3.8) is 0 Å². The molecular formula is C21H23F4N3O6. The first kappa shape index (κ1) is 24.4. The molecule has 0 bridgehead atoms. The Kier molecular flexibility index (Phi) is 7.33. The van der Waals surface area contributed by atoms with Crippen LogP contribution in [0.4, 0.5) is 17.6 Å². The van der Waals surface area contributed by atoms with E-state index < -0.39 is 42.4 Å². The Morgan fingerprint density at radius 1 is 1.15 bits per heavy atom. The van der Waals surface area contributed by atoms with Crippen molar-refractivity contribution < 1.29 is 45.7 Å². The molecule has 1 saturated carbocycles. The van der Waals surface area contributed by atoms with Crippen molar-refractivity contribution in [1.29, 1.82) is 0 Å². The first-order valence-corrected chi connectivity index (χ1v) is 10.6. The second kappa shape index (κ2) is 10.2. The van der Waals surface area contributed by atoms with E-state index in [1.54, 1.807) is 0 Å². The molecule has 2 aliphatic rings. The quantitative estimate of drug-likeness (QED) is 0.565. The van der Waals surface area contributed by atoms with Crippen LogP contribution in [0.15, 0.2) is 28.7 Å². The number of benzene rings is 1. The first-order valence-electron chi connectivity index (χ1n) is 10.6. The minimum atomic E-state index is -4.67. The van der Waals surface area contributed by atoms with E-state index in [1.165, 1.54) is 31.4 Å². The van der Waals surface area contributed by atoms with Crippen molar-refractivity contribution in [3.8, 4) is 5.75 Å². The summed E-state index contributed by atoms with van der Waals surface area (Å²) in [5.41, 5.74) is 0. The number of hydrogen-bond acceptors (Lipinski definition) is 8. The third-order valence-electron chi connectivity index (χ3n) is 5.68. The maximum absolute atomic E-state index is 12.9. The molecule has 2 fully saturated rings. The molecule has 2 heterocycles. The lowest BCUT2D eigenvalue weighted by Gasteiger charge is -2.34. The lowest BCUT2D eigenvalue weighted by Crippen LogP contribution is -2.51. The molecule has 0 spiro atoms. The summed E-state index contributed by atoms with van der Waals surface area (Å²) in [7, 11) is 1.50. The van der Waals surface area contributed by atoms with Crippen LogP contribution < -0.4 is 10.1 Å². The highest BCUT2D eigenvalue weighted by atomic mass is 19.4. The summed E-state index contributed by atoms with van der Waals surface area (Å²) in [6.07, 6.45) is -6.00. The van der Waals surface area contributed by atoms with Crippen LogP contribution in [0.25, 0.3) is 0 Å². The number of amides is 1. The molecule has 9 nitrogen and oxygen atoms in total. The van der Waals surface area contributed by atoms with Gasteiger partial charge in [0.05, 0.1) is 24.9 Å². The molecular weight excluding hydrogens is 466 g/mol. The van der Waals surface area contributed by atoms with Crippen molar-refractivity contribution in [2.45, 2.75) is 55.9 Å². The molecule has 1 aromatic heterocycles. The Morgan fingerprint density at radius 3 is 2.53 bits per heavy atom. The average Bonchev–Trinajstić information content (AvgIpc) is 3.25. The Labute approximate surface area is 191 Å². The van der Waals surface area contributed by atoms with Crippen LogP contribution in [0, 0.1) is 5.82 Å². The van der Waals surface area contributed by atoms with Gasteiger partial charge in [-0.1, -0.05) is 0 Å². The van der Waals surface area contributed by atoms with Crippen LogP contribution in [0.3, 0.4) is 0 Å². The van der Waals surface area contributed by atoms with Crippen LogP contribution in [0.2, 0.25) is 0 Å². The SMILES string of the molecule is CO[C@@H]1C[C@@H](c2nnc([C@H]3C[C@@H](OC(F)(F)F)C3)o2)OC[C@@H]1NC(=O)COc1ccc(F)cc1. The lowest BCUT2D eigenvalue weighted by atomic mass is 9.82. The fourth-order valence-corrected chi connectivity index (χ4v) is 3.86. The van der Waals surface area contributed by atoms with Crippen LogP contribution >= 0.6 is 0 Å². The number of nitrogens with zero attached hydrogens (tertiary/aromatic N) is 2. The zero-order valence-corrected chi connectivity index (χ0v) is 18.1. The smallest absolute Gasteiger partial charge is 0.484 e. The van der Waals surface area contributed by atoms with Gasteiger partial charge in [0, 0.05) is 19.4 Å². The number of alkyl halides is 3. The van der Waals surface area contributed by atoms with E-state index in [0.29, 0.717) is 12.2 Å². The molecule has 3 atom stereocenters. The fraction of sp³-hybridized carbons (Fsp3) is 0.571. The number of methoxy groups -OCH3 is 1. The number of aromatic nitrogens is 2. The number of halogens is 4. The minimum absolute atomic E-state index is 0.105. The molecule has 1 saturated heterocycles. The molecule has 0 radical (unpaired) electrons. The predicted octanol–water partition coefficient (Wildman–Crippen LogP) is 3.03. The highest BCUT2D eigenvalue weighted by Crippen LogP contribution is 2.41. The van der Waals surface area contributed by atoms with Crippen LogP contribution in [0.1, 0.15) is 43.1 Å². The van der Waals surface area contributed by atoms with Crippen LogP contribution in [0.5, 0.6) is 5.75 Å². The van der Waals surface area contributed by atoms with Gasteiger partial charge in [0.1, 0.15) is 17.7 Å². The lowest BCUT2D eigenvalue weighted by molar-refractivity contribution is -0.352. The summed E-state index contributed by atoms with van der Waals surface area (Å²) < 4.78 is 76.0. The molecule has 1 amide bonds. The largest absolute Gasteiger partial charge is 0.522 e. The van der Waals surface area contributed by atoms with Crippen LogP contribution in [-0.4, -0.2) is 61.0 Å². The number of carbonyl (C=O) groups excluding carboxylic acids is 1. The highest BCUT2D eigenvalue weighted by molar-refractivity contribution is 5.78. The zero-order valence-electron chi connectivity index (χ0n) is 18.1. The van der Waals surface area contributed by atoms with Crippen molar-refractivity contribution in [2.24, 2.45) is 0 Å². The van der Waals surface area contributed by atoms with E-state index in [4.69, 9.17) is 18.6 Å². The number of hydrogen-bond donors (Lipinski definition) is 1. The van der Waals surface area contributed by atoms with Gasteiger partial charge < -0.3 is 23.9 Å². The van der Waals surface area contributed by atoms with Crippen molar-refractivity contribution in [1.82, 2.24) is 15.5 Å². The second-order valence-corrected chi connectivity index (χ2v) is 8.08. The van der Waals surface area contributed by atoms with E-state index in [2.05, 4.69) is 20.3 Å². The van der Waals surface area contributed by atoms with E-state index in [9.17, 15) is 22.4 Å². The Morgan fingerprint density at radius 2 is 1.85 bits per heavy atom. The maximum Gasteiger partial charge on any atom is 0.522 e. The van der Waals surface area contributed by atoms with Crippen LogP contribution in [-0.2, 0) is 19.0 Å². The monoisotopic (exact) mass is 489 g/mol. The molecule has 1 aliphatic carbocycles. The Balaban J connectivity index is 1.25. The maximum atomic E-state index is 12.9. The van der Waals surface area contributed by atoms with Crippen molar-refractivity contribution in [2.75, 3.05) is 20.3 Å². The molecule has 34 heavy (non-hydrogen) atoms. The van der Waals surface area contributed by atoms with E-state index in [1.807, 2.05) is 0 Å². The molecule has 1 aromatic carbocycles. The highest BCUT2D eigenvalue weighted by Gasteiger charge is 2.43. The summed E-state index contributed by atoms with van der Waals surface area (Å²) in [6, 6.07) is 4.83. The van der Waals surface area contributed by atoms with Gasteiger partial charge in [-0.15, -0.1) is 23.4 Å². The summed E-state index contributed by atoms with van der Waals surface area (Å²) in [6.45, 7) is -0.163. The van der Waals surface area contributed by atoms with Gasteiger partial charge in [0.25, 0.3) is 5.91 Å². The summed E-state index contributed by atoms with van der Waals surface area (Å²) in [4.78, 5) is 12.3. The molecule has 1 aliphatic heterocycles. The summed E-state index contributed by atoms with van der Waals surface area (Å²) in [5, 5.41) is 10.7. The van der Waals surface area contributed by atoms with Gasteiger partial charge in [0.2, 0.25) is 11.8 Å². The topological polar surface area (TPSA) is 105 Å². The summed E-state index contributed by atoms with van der Waals surface area (Å²) >= 11 is 0. The van der Waals surface area contributed by atoms with Gasteiger partial charge in [0.15, 0.2) is 6.61 Å². The molecule has 186 valence electrons. The predicted molar refractivity (Wildman–Crippen MR) is 105 cm³/mol. The third-order valence-corrected chi connectivity index (χ3v) is 5.68. The van der Waals surface area contributed by atoms with Crippen molar-refractivity contribution in [3.05, 3.63) is 41.9 Å². The second-order valence-electron chi connectivity index (χ2n) is 8.08. The minimum Gasteiger partial charge on any atom is -0.484 e. The fourth-order valence-electron chi connectivity index (χ4n) is 3.86. The molecule has 13 heteroatoms. The Hall–Kier alpha value is -2.77. The molecule has 0 unspecified atom stereocenters. The van der Waals surface area contributed by atoms with Gasteiger partial charge in [-0.3, -0.25) is 9.53 Å². The van der Waals surface area contributed by atoms with Gasteiger partial charge in [-0.25, -0.2) is 4.39 Å². The zero-order chi connectivity index (χ0) is 24.3. The van der Waals surface area contributed by atoms with E-state index >= 15 is 0 Å². The first-order chi connectivity index (χ1) is 16.2.